The van der Waals surface area contributed by atoms with Crippen molar-refractivity contribution >= 4 is 27.3 Å². The summed E-state index contributed by atoms with van der Waals surface area (Å²) < 4.78 is 45.4. The van der Waals surface area contributed by atoms with E-state index in [-0.39, 0.29) is 24.6 Å². The third kappa shape index (κ3) is 6.32. The number of nitrogens with zero attached hydrogens (tertiary/aromatic N) is 1. The number of carbonyl (C=O) groups is 1. The second-order valence-corrected chi connectivity index (χ2v) is 9.87. The zero-order chi connectivity index (χ0) is 24.2. The number of sulfonamides is 1. The van der Waals surface area contributed by atoms with E-state index in [1.807, 2.05) is 32.9 Å². The summed E-state index contributed by atoms with van der Waals surface area (Å²) in [4.78, 5) is 12.4. The summed E-state index contributed by atoms with van der Waals surface area (Å²) in [5.41, 5.74) is 4.46. The highest BCUT2D eigenvalue weighted by molar-refractivity contribution is 7.92. The minimum Gasteiger partial charge on any atom is -0.484 e. The maximum absolute atomic E-state index is 14.0. The molecule has 3 rings (SSSR count). The number of aryl methyl sites for hydroxylation is 3. The van der Waals surface area contributed by atoms with Crippen LogP contribution in [0.25, 0.3) is 0 Å². The fraction of sp³-hybridized carbons (Fsp3) is 0.240. The molecule has 6 nitrogen and oxygen atoms in total. The monoisotopic (exact) mass is 470 g/mol. The lowest BCUT2D eigenvalue weighted by molar-refractivity contribution is -0.118. The van der Waals surface area contributed by atoms with Gasteiger partial charge < -0.3 is 10.1 Å². The number of hydrogen-bond donors (Lipinski definition) is 1. The van der Waals surface area contributed by atoms with Gasteiger partial charge in [0.25, 0.3) is 5.91 Å². The number of nitrogens with one attached hydrogen (secondary N) is 1. The third-order valence-electron chi connectivity index (χ3n) is 5.11. The number of anilines is 2. The number of ether oxygens (including phenoxy) is 1. The third-order valence-corrected chi connectivity index (χ3v) is 6.25. The van der Waals surface area contributed by atoms with Gasteiger partial charge in [-0.25, -0.2) is 12.8 Å². The van der Waals surface area contributed by atoms with Crippen molar-refractivity contribution < 1.29 is 22.3 Å². The summed E-state index contributed by atoms with van der Waals surface area (Å²) in [6, 6.07) is 16.3. The van der Waals surface area contributed by atoms with Crippen molar-refractivity contribution in [3.05, 3.63) is 88.7 Å². The van der Waals surface area contributed by atoms with Crippen LogP contribution in [0.5, 0.6) is 5.75 Å². The number of benzene rings is 3. The zero-order valence-corrected chi connectivity index (χ0v) is 19.9. The lowest BCUT2D eigenvalue weighted by Gasteiger charge is -2.23. The quantitative estimate of drug-likeness (QED) is 0.516. The van der Waals surface area contributed by atoms with Gasteiger partial charge >= 0.3 is 0 Å². The minimum atomic E-state index is -3.66. The highest BCUT2D eigenvalue weighted by atomic mass is 32.2. The van der Waals surface area contributed by atoms with Crippen LogP contribution in [0.1, 0.15) is 22.3 Å². The summed E-state index contributed by atoms with van der Waals surface area (Å²) >= 11 is 0. The van der Waals surface area contributed by atoms with E-state index in [2.05, 4.69) is 5.32 Å². The Balaban J connectivity index is 1.67. The van der Waals surface area contributed by atoms with E-state index in [9.17, 15) is 17.6 Å². The summed E-state index contributed by atoms with van der Waals surface area (Å²) in [5, 5.41) is 2.87. The van der Waals surface area contributed by atoms with Crippen LogP contribution in [0.4, 0.5) is 15.8 Å². The highest BCUT2D eigenvalue weighted by Crippen LogP contribution is 2.25. The molecular weight excluding hydrogens is 443 g/mol. The standard InChI is InChI=1S/C25H27FN2O4S/c1-17-13-18(2)25(19(3)14-17)27-24(29)16-32-22-11-9-21(10-12-22)28(33(4,30)31)15-20-7-5-6-8-23(20)26/h5-14H,15-16H2,1-4H3,(H,27,29). The van der Waals surface area contributed by atoms with E-state index >= 15 is 0 Å². The Morgan fingerprint density at radius 2 is 1.61 bits per heavy atom. The molecule has 174 valence electrons. The van der Waals surface area contributed by atoms with Gasteiger partial charge in [-0.15, -0.1) is 0 Å². The molecule has 0 saturated carbocycles. The normalized spacial score (nSPS) is 11.2. The van der Waals surface area contributed by atoms with Crippen molar-refractivity contribution in [2.24, 2.45) is 0 Å². The highest BCUT2D eigenvalue weighted by Gasteiger charge is 2.19. The average Bonchev–Trinajstić information content (AvgIpc) is 2.74. The molecule has 0 fully saturated rings. The molecule has 0 aliphatic carbocycles. The lowest BCUT2D eigenvalue weighted by atomic mass is 10.1. The first kappa shape index (κ1) is 24.3. The van der Waals surface area contributed by atoms with E-state index in [1.165, 1.54) is 6.07 Å². The first-order valence-corrected chi connectivity index (χ1v) is 12.2. The minimum absolute atomic E-state index is 0.136. The molecule has 0 aliphatic heterocycles. The Morgan fingerprint density at radius 1 is 1.00 bits per heavy atom. The second kappa shape index (κ2) is 10.0. The van der Waals surface area contributed by atoms with Crippen LogP contribution in [-0.2, 0) is 21.4 Å². The van der Waals surface area contributed by atoms with Crippen molar-refractivity contribution in [2.45, 2.75) is 27.3 Å². The van der Waals surface area contributed by atoms with Crippen molar-refractivity contribution in [1.82, 2.24) is 0 Å². The largest absolute Gasteiger partial charge is 0.484 e. The maximum Gasteiger partial charge on any atom is 0.262 e. The molecule has 3 aromatic carbocycles. The topological polar surface area (TPSA) is 75.7 Å². The smallest absolute Gasteiger partial charge is 0.262 e. The van der Waals surface area contributed by atoms with Gasteiger partial charge in [0, 0.05) is 11.3 Å². The van der Waals surface area contributed by atoms with E-state index < -0.39 is 15.8 Å². The number of hydrogen-bond acceptors (Lipinski definition) is 4. The van der Waals surface area contributed by atoms with Crippen molar-refractivity contribution in [1.29, 1.82) is 0 Å². The molecule has 8 heteroatoms. The Bertz CT molecular complexity index is 1230. The zero-order valence-electron chi connectivity index (χ0n) is 19.1. The Hall–Kier alpha value is -3.39. The fourth-order valence-electron chi connectivity index (χ4n) is 3.59. The predicted octanol–water partition coefficient (Wildman–Crippen LogP) is 4.73. The molecule has 33 heavy (non-hydrogen) atoms. The summed E-state index contributed by atoms with van der Waals surface area (Å²) in [7, 11) is -3.66. The molecule has 1 N–H and O–H groups in total. The number of halogens is 1. The van der Waals surface area contributed by atoms with Gasteiger partial charge in [-0.1, -0.05) is 35.9 Å². The second-order valence-electron chi connectivity index (χ2n) is 7.97. The fourth-order valence-corrected chi connectivity index (χ4v) is 4.47. The molecule has 0 saturated heterocycles. The van der Waals surface area contributed by atoms with Gasteiger partial charge in [0.2, 0.25) is 10.0 Å². The van der Waals surface area contributed by atoms with Gasteiger partial charge in [0.05, 0.1) is 18.5 Å². The summed E-state index contributed by atoms with van der Waals surface area (Å²) in [5.74, 6) is -0.367. The molecule has 0 heterocycles. The van der Waals surface area contributed by atoms with E-state index in [4.69, 9.17) is 4.74 Å². The van der Waals surface area contributed by atoms with E-state index in [0.29, 0.717) is 11.4 Å². The number of amides is 1. The molecule has 0 aliphatic rings. The molecule has 0 bridgehead atoms. The van der Waals surface area contributed by atoms with Crippen LogP contribution in [0.3, 0.4) is 0 Å². The Kier molecular flexibility index (Phi) is 7.38. The molecule has 0 atom stereocenters. The first-order chi connectivity index (χ1) is 15.5. The molecule has 1 amide bonds. The predicted molar refractivity (Wildman–Crippen MR) is 129 cm³/mol. The van der Waals surface area contributed by atoms with Gasteiger partial charge in [-0.2, -0.15) is 0 Å². The first-order valence-electron chi connectivity index (χ1n) is 10.4. The van der Waals surface area contributed by atoms with Gasteiger partial charge in [0.15, 0.2) is 6.61 Å². The van der Waals surface area contributed by atoms with Crippen LogP contribution in [-0.4, -0.2) is 27.2 Å². The SMILES string of the molecule is Cc1cc(C)c(NC(=O)COc2ccc(N(Cc3ccccc3F)S(C)(=O)=O)cc2)c(C)c1. The summed E-state index contributed by atoms with van der Waals surface area (Å²) in [6.45, 7) is 5.54. The van der Waals surface area contributed by atoms with Crippen molar-refractivity contribution in [3.8, 4) is 5.75 Å². The van der Waals surface area contributed by atoms with Crippen molar-refractivity contribution in [2.75, 3.05) is 22.5 Å². The van der Waals surface area contributed by atoms with Crippen LogP contribution in [0.15, 0.2) is 60.7 Å². The number of rotatable bonds is 8. The molecule has 3 aromatic rings. The van der Waals surface area contributed by atoms with E-state index in [1.54, 1.807) is 42.5 Å². The van der Waals surface area contributed by atoms with E-state index in [0.717, 1.165) is 32.9 Å². The van der Waals surface area contributed by atoms with Crippen LogP contribution in [0.2, 0.25) is 0 Å². The van der Waals surface area contributed by atoms with Gasteiger partial charge in [-0.3, -0.25) is 9.10 Å². The molecule has 0 spiro atoms. The molecule has 0 radical (unpaired) electrons. The Labute approximate surface area is 194 Å². The van der Waals surface area contributed by atoms with Crippen LogP contribution >= 0.6 is 0 Å². The van der Waals surface area contributed by atoms with Crippen LogP contribution in [0, 0.1) is 26.6 Å². The van der Waals surface area contributed by atoms with Crippen molar-refractivity contribution in [3.63, 3.8) is 0 Å². The average molecular weight is 471 g/mol. The molecular formula is C25H27FN2O4S. The molecule has 0 unspecified atom stereocenters. The Morgan fingerprint density at radius 3 is 2.18 bits per heavy atom. The van der Waals surface area contributed by atoms with Gasteiger partial charge in [0.1, 0.15) is 11.6 Å². The van der Waals surface area contributed by atoms with Crippen LogP contribution < -0.4 is 14.4 Å². The lowest BCUT2D eigenvalue weighted by Crippen LogP contribution is -2.29. The maximum atomic E-state index is 14.0. The summed E-state index contributed by atoms with van der Waals surface area (Å²) in [6.07, 6.45) is 1.07. The van der Waals surface area contributed by atoms with Gasteiger partial charge in [-0.05, 0) is 62.2 Å². The number of carbonyl (C=O) groups excluding carboxylic acids is 1. The molecule has 0 aromatic heterocycles.